The summed E-state index contributed by atoms with van der Waals surface area (Å²) in [5.74, 6) is 0.380. The van der Waals surface area contributed by atoms with Gasteiger partial charge in [-0.25, -0.2) is 4.99 Å². The van der Waals surface area contributed by atoms with Crippen molar-refractivity contribution in [3.63, 3.8) is 0 Å². The van der Waals surface area contributed by atoms with Gasteiger partial charge < -0.3 is 19.9 Å². The lowest BCUT2D eigenvalue weighted by Gasteiger charge is -2.32. The summed E-state index contributed by atoms with van der Waals surface area (Å²) in [5.41, 5.74) is 21.3. The molecule has 4 aromatic rings. The number of rotatable bonds is 13. The molecule has 12 nitrogen and oxygen atoms in total. The first-order chi connectivity index (χ1) is 22.5. The first-order valence-corrected chi connectivity index (χ1v) is 14.7. The number of hydrogen-bond donors (Lipinski definition) is 2. The molecule has 0 fully saturated rings. The van der Waals surface area contributed by atoms with Crippen LogP contribution in [0.4, 0.5) is 11.4 Å². The molecule has 0 saturated heterocycles. The number of benzene rings is 4. The number of nitrogens with zero attached hydrogens (tertiary/aromatic N) is 7. The Labute approximate surface area is 265 Å². The Bertz CT molecular complexity index is 1830. The summed E-state index contributed by atoms with van der Waals surface area (Å²) >= 11 is 0. The normalized spacial score (nSPS) is 16.7. The van der Waals surface area contributed by atoms with Crippen molar-refractivity contribution in [2.45, 2.75) is 38.0 Å². The molecule has 232 valence electrons. The van der Waals surface area contributed by atoms with Gasteiger partial charge in [0, 0.05) is 58.3 Å². The average molecular weight is 617 g/mol. The Morgan fingerprint density at radius 3 is 2.43 bits per heavy atom. The monoisotopic (exact) mass is 616 g/mol. The molecule has 1 heterocycles. The minimum Gasteiger partial charge on any atom is -0.494 e. The summed E-state index contributed by atoms with van der Waals surface area (Å²) < 4.78 is 12.3. The number of aryl methyl sites for hydroxylation is 1. The van der Waals surface area contributed by atoms with Gasteiger partial charge in [-0.15, -0.1) is 0 Å². The fourth-order valence-electron chi connectivity index (χ4n) is 5.36. The number of amides is 1. The minimum atomic E-state index is -1.61. The molecule has 0 spiro atoms. The van der Waals surface area contributed by atoms with Crippen molar-refractivity contribution >= 4 is 23.2 Å². The van der Waals surface area contributed by atoms with E-state index in [0.29, 0.717) is 46.8 Å². The fraction of sp³-hybridized carbons (Fsp3) is 0.235. The van der Waals surface area contributed by atoms with Crippen molar-refractivity contribution in [3.8, 4) is 5.75 Å². The molecule has 0 saturated carbocycles. The number of aliphatic imine (C=N–C) groups is 1. The number of aliphatic hydroxyl groups is 1. The van der Waals surface area contributed by atoms with Gasteiger partial charge in [-0.1, -0.05) is 88.6 Å². The van der Waals surface area contributed by atoms with E-state index in [1.165, 1.54) is 0 Å². The number of hydrogen-bond acceptors (Lipinski definition) is 7. The standard InChI is InChI=1S/C34H32N8O4/c1-23-8-6-9-24(20-23)22-37-33(44)34(21-26-10-2-4-12-29(26)39-41-35)31(28-11-3-5-13-30(28)40-42-36)46-32(38-34)25-14-16-27(17-15-25)45-19-7-18-43/h2-6,8-17,20,31,43H,7,18-19,21-22H2,1H3,(H,37,44)/t31-,34-/m1/s1. The van der Waals surface area contributed by atoms with Crippen LogP contribution in [-0.2, 0) is 22.5 Å². The topological polar surface area (TPSA) is 178 Å². The predicted octanol–water partition coefficient (Wildman–Crippen LogP) is 7.46. The lowest BCUT2D eigenvalue weighted by atomic mass is 9.81. The summed E-state index contributed by atoms with van der Waals surface area (Å²) in [6, 6.07) is 28.8. The third kappa shape index (κ3) is 7.11. The van der Waals surface area contributed by atoms with E-state index in [1.807, 2.05) is 31.2 Å². The summed E-state index contributed by atoms with van der Waals surface area (Å²) in [6.07, 6.45) is -0.522. The predicted molar refractivity (Wildman–Crippen MR) is 174 cm³/mol. The molecule has 2 N–H and O–H groups in total. The molecule has 1 amide bonds. The number of carbonyl (C=O) groups excluding carboxylic acids is 1. The molecule has 2 atom stereocenters. The number of aliphatic hydroxyl groups excluding tert-OH is 1. The zero-order valence-corrected chi connectivity index (χ0v) is 25.2. The first kappa shape index (κ1) is 31.6. The van der Waals surface area contributed by atoms with E-state index < -0.39 is 17.6 Å². The maximum Gasteiger partial charge on any atom is 0.252 e. The molecular formula is C34H32N8O4. The maximum absolute atomic E-state index is 14.6. The Balaban J connectivity index is 1.64. The second-order valence-corrected chi connectivity index (χ2v) is 10.7. The van der Waals surface area contributed by atoms with E-state index >= 15 is 0 Å². The number of ether oxygens (including phenoxy) is 2. The van der Waals surface area contributed by atoms with Crippen LogP contribution in [0.15, 0.2) is 112 Å². The van der Waals surface area contributed by atoms with Crippen molar-refractivity contribution in [2.24, 2.45) is 15.2 Å². The van der Waals surface area contributed by atoms with Crippen molar-refractivity contribution in [2.75, 3.05) is 13.2 Å². The zero-order chi connectivity index (χ0) is 32.4. The van der Waals surface area contributed by atoms with Gasteiger partial charge in [0.05, 0.1) is 6.61 Å². The van der Waals surface area contributed by atoms with Gasteiger partial charge in [0.2, 0.25) is 5.90 Å². The van der Waals surface area contributed by atoms with Crippen molar-refractivity contribution in [1.29, 1.82) is 0 Å². The summed E-state index contributed by atoms with van der Waals surface area (Å²) in [6.45, 7) is 2.60. The van der Waals surface area contributed by atoms with Crippen LogP contribution in [0.3, 0.4) is 0 Å². The van der Waals surface area contributed by atoms with Crippen molar-refractivity contribution in [3.05, 3.63) is 146 Å². The highest BCUT2D eigenvalue weighted by Gasteiger charge is 2.54. The van der Waals surface area contributed by atoms with E-state index in [2.05, 4.69) is 25.4 Å². The van der Waals surface area contributed by atoms with Crippen LogP contribution < -0.4 is 10.1 Å². The van der Waals surface area contributed by atoms with Gasteiger partial charge in [0.1, 0.15) is 5.75 Å². The Hall–Kier alpha value is -5.80. The van der Waals surface area contributed by atoms with Crippen LogP contribution in [0.5, 0.6) is 5.75 Å². The molecule has 4 aromatic carbocycles. The summed E-state index contributed by atoms with van der Waals surface area (Å²) in [7, 11) is 0. The zero-order valence-electron chi connectivity index (χ0n) is 25.2. The Kier molecular flexibility index (Phi) is 10.2. The molecule has 1 aliphatic rings. The smallest absolute Gasteiger partial charge is 0.252 e. The van der Waals surface area contributed by atoms with E-state index in [0.717, 1.165) is 11.1 Å². The van der Waals surface area contributed by atoms with Gasteiger partial charge in [0.25, 0.3) is 5.91 Å². The fourth-order valence-corrected chi connectivity index (χ4v) is 5.36. The third-order valence-electron chi connectivity index (χ3n) is 7.54. The highest BCUT2D eigenvalue weighted by atomic mass is 16.5. The van der Waals surface area contributed by atoms with Crippen molar-refractivity contribution < 1.29 is 19.4 Å². The second kappa shape index (κ2) is 14.8. The molecule has 0 aliphatic carbocycles. The minimum absolute atomic E-state index is 0.00294. The largest absolute Gasteiger partial charge is 0.494 e. The number of azide groups is 2. The third-order valence-corrected chi connectivity index (χ3v) is 7.54. The summed E-state index contributed by atoms with van der Waals surface area (Å²) in [5, 5.41) is 19.9. The van der Waals surface area contributed by atoms with Gasteiger partial charge in [-0.2, -0.15) is 0 Å². The lowest BCUT2D eigenvalue weighted by Crippen LogP contribution is -2.49. The van der Waals surface area contributed by atoms with Gasteiger partial charge >= 0.3 is 0 Å². The van der Waals surface area contributed by atoms with E-state index in [4.69, 9.17) is 19.6 Å². The molecule has 0 unspecified atom stereocenters. The van der Waals surface area contributed by atoms with Crippen LogP contribution in [0, 0.1) is 6.92 Å². The highest BCUT2D eigenvalue weighted by Crippen LogP contribution is 2.46. The van der Waals surface area contributed by atoms with E-state index in [1.54, 1.807) is 72.8 Å². The van der Waals surface area contributed by atoms with Gasteiger partial charge in [-0.3, -0.25) is 4.79 Å². The molecule has 0 aromatic heterocycles. The van der Waals surface area contributed by atoms with Crippen LogP contribution in [0.25, 0.3) is 20.9 Å². The lowest BCUT2D eigenvalue weighted by molar-refractivity contribution is -0.129. The Morgan fingerprint density at radius 1 is 0.978 bits per heavy atom. The molecule has 1 aliphatic heterocycles. The van der Waals surface area contributed by atoms with E-state index in [-0.39, 0.29) is 25.5 Å². The molecule has 46 heavy (non-hydrogen) atoms. The quantitative estimate of drug-likeness (QED) is 0.0686. The van der Waals surface area contributed by atoms with Gasteiger partial charge in [0.15, 0.2) is 11.6 Å². The van der Waals surface area contributed by atoms with Crippen LogP contribution in [-0.4, -0.2) is 35.7 Å². The molecule has 5 rings (SSSR count). The van der Waals surface area contributed by atoms with Crippen molar-refractivity contribution in [1.82, 2.24) is 5.32 Å². The summed E-state index contributed by atoms with van der Waals surface area (Å²) in [4.78, 5) is 25.6. The van der Waals surface area contributed by atoms with E-state index in [9.17, 15) is 15.9 Å². The number of carbonyl (C=O) groups is 1. The second-order valence-electron chi connectivity index (χ2n) is 10.7. The van der Waals surface area contributed by atoms with Crippen LogP contribution >= 0.6 is 0 Å². The first-order valence-electron chi connectivity index (χ1n) is 14.7. The molecule has 12 heteroatoms. The molecule has 0 bridgehead atoms. The highest BCUT2D eigenvalue weighted by molar-refractivity contribution is 6.01. The SMILES string of the molecule is Cc1cccc(CNC(=O)[C@]2(Cc3ccccc3N=[N+]=[N-])N=C(c3ccc(OCCCO)cc3)O[C@@H]2c2ccccc2N=[N+]=[N-])c1. The number of nitrogens with one attached hydrogen (secondary N) is 1. The Morgan fingerprint density at radius 2 is 1.70 bits per heavy atom. The van der Waals surface area contributed by atoms with Gasteiger partial charge in [-0.05, 0) is 53.4 Å². The molecular weight excluding hydrogens is 584 g/mol. The molecule has 0 radical (unpaired) electrons. The average Bonchev–Trinajstić information content (AvgIpc) is 3.46. The maximum atomic E-state index is 14.6. The van der Waals surface area contributed by atoms with Crippen LogP contribution in [0.2, 0.25) is 0 Å². The van der Waals surface area contributed by atoms with Crippen LogP contribution in [0.1, 0.15) is 40.3 Å².